The van der Waals surface area contributed by atoms with E-state index >= 15 is 0 Å². The number of rotatable bonds is 11. The summed E-state index contributed by atoms with van der Waals surface area (Å²) in [5.74, 6) is -1.92. The van der Waals surface area contributed by atoms with Crippen molar-refractivity contribution in [3.8, 4) is 0 Å². The van der Waals surface area contributed by atoms with Crippen LogP contribution in [0, 0.1) is 11.6 Å². The fourth-order valence-electron chi connectivity index (χ4n) is 5.17. The van der Waals surface area contributed by atoms with Crippen molar-refractivity contribution in [2.24, 2.45) is 5.73 Å². The molecule has 0 fully saturated rings. The first kappa shape index (κ1) is 28.4. The summed E-state index contributed by atoms with van der Waals surface area (Å²) in [6.45, 7) is 4.36. The Labute approximate surface area is 228 Å². The van der Waals surface area contributed by atoms with Crippen LogP contribution >= 0.6 is 0 Å². The molecule has 0 bridgehead atoms. The molecule has 39 heavy (non-hydrogen) atoms. The number of aryl methyl sites for hydroxylation is 1. The zero-order valence-electron chi connectivity index (χ0n) is 22.3. The van der Waals surface area contributed by atoms with Gasteiger partial charge in [0.15, 0.2) is 0 Å². The highest BCUT2D eigenvalue weighted by molar-refractivity contribution is 6.01. The zero-order valence-corrected chi connectivity index (χ0v) is 22.3. The SMILES string of the molecule is CCc1cccc(CN(C[C@@H](O)[C@@H](N)Cc2cc(F)cc(F)c2)C(=O)C(CC)N2Cc3ccccc3C2=O)c1. The van der Waals surface area contributed by atoms with Crippen molar-refractivity contribution in [2.75, 3.05) is 6.54 Å². The molecule has 1 unspecified atom stereocenters. The van der Waals surface area contributed by atoms with Gasteiger partial charge in [-0.25, -0.2) is 8.78 Å². The second kappa shape index (κ2) is 12.5. The first-order valence-electron chi connectivity index (χ1n) is 13.3. The number of benzene rings is 3. The van der Waals surface area contributed by atoms with Gasteiger partial charge in [-0.15, -0.1) is 0 Å². The molecule has 1 heterocycles. The van der Waals surface area contributed by atoms with Crippen molar-refractivity contribution in [3.05, 3.63) is 106 Å². The molecule has 206 valence electrons. The fourth-order valence-corrected chi connectivity index (χ4v) is 5.17. The fraction of sp³-hybridized carbons (Fsp3) is 0.355. The van der Waals surface area contributed by atoms with Crippen molar-refractivity contribution in [1.29, 1.82) is 0 Å². The van der Waals surface area contributed by atoms with Crippen molar-refractivity contribution in [3.63, 3.8) is 0 Å². The van der Waals surface area contributed by atoms with E-state index in [9.17, 15) is 23.5 Å². The van der Waals surface area contributed by atoms with Crippen molar-refractivity contribution in [2.45, 2.75) is 64.4 Å². The van der Waals surface area contributed by atoms with Gasteiger partial charge in [-0.2, -0.15) is 0 Å². The predicted molar refractivity (Wildman–Crippen MR) is 146 cm³/mol. The Morgan fingerprint density at radius 3 is 2.36 bits per heavy atom. The first-order chi connectivity index (χ1) is 18.7. The summed E-state index contributed by atoms with van der Waals surface area (Å²) >= 11 is 0. The lowest BCUT2D eigenvalue weighted by molar-refractivity contribution is -0.138. The lowest BCUT2D eigenvalue weighted by Crippen LogP contribution is -2.52. The Morgan fingerprint density at radius 1 is 1.00 bits per heavy atom. The number of nitrogens with zero attached hydrogens (tertiary/aromatic N) is 2. The molecule has 1 aliphatic rings. The number of carbonyl (C=O) groups excluding carboxylic acids is 2. The quantitative estimate of drug-likeness (QED) is 0.385. The van der Waals surface area contributed by atoms with Gasteiger partial charge < -0.3 is 20.6 Å². The van der Waals surface area contributed by atoms with E-state index in [1.165, 1.54) is 17.0 Å². The maximum absolute atomic E-state index is 14.0. The molecule has 0 saturated carbocycles. The van der Waals surface area contributed by atoms with E-state index in [1.807, 2.05) is 50.2 Å². The lowest BCUT2D eigenvalue weighted by atomic mass is 10.0. The zero-order chi connectivity index (χ0) is 28.1. The molecule has 8 heteroatoms. The summed E-state index contributed by atoms with van der Waals surface area (Å²) in [5, 5.41) is 11.0. The number of aliphatic hydroxyl groups is 1. The van der Waals surface area contributed by atoms with Crippen LogP contribution in [0.15, 0.2) is 66.7 Å². The maximum atomic E-state index is 14.0. The number of amides is 2. The van der Waals surface area contributed by atoms with E-state index in [0.29, 0.717) is 24.1 Å². The van der Waals surface area contributed by atoms with Crippen LogP contribution in [0.3, 0.4) is 0 Å². The van der Waals surface area contributed by atoms with Crippen LogP contribution in [-0.4, -0.2) is 51.5 Å². The molecule has 0 aromatic heterocycles. The highest BCUT2D eigenvalue weighted by Gasteiger charge is 2.37. The van der Waals surface area contributed by atoms with Crippen molar-refractivity contribution < 1.29 is 23.5 Å². The first-order valence-corrected chi connectivity index (χ1v) is 13.3. The topological polar surface area (TPSA) is 86.9 Å². The maximum Gasteiger partial charge on any atom is 0.255 e. The Morgan fingerprint density at radius 2 is 1.69 bits per heavy atom. The largest absolute Gasteiger partial charge is 0.390 e. The number of carbonyl (C=O) groups is 2. The summed E-state index contributed by atoms with van der Waals surface area (Å²) in [6.07, 6.45) is 0.0887. The average Bonchev–Trinajstić information content (AvgIpc) is 3.24. The summed E-state index contributed by atoms with van der Waals surface area (Å²) in [4.78, 5) is 30.3. The van der Waals surface area contributed by atoms with Crippen molar-refractivity contribution in [1.82, 2.24) is 9.80 Å². The number of hydrogen-bond acceptors (Lipinski definition) is 4. The van der Waals surface area contributed by atoms with Gasteiger partial charge >= 0.3 is 0 Å². The smallest absolute Gasteiger partial charge is 0.255 e. The molecule has 0 spiro atoms. The second-order valence-corrected chi connectivity index (χ2v) is 10.1. The monoisotopic (exact) mass is 535 g/mol. The summed E-state index contributed by atoms with van der Waals surface area (Å²) in [6, 6.07) is 16.7. The molecule has 4 rings (SSSR count). The summed E-state index contributed by atoms with van der Waals surface area (Å²) in [7, 11) is 0. The van der Waals surface area contributed by atoms with E-state index in [2.05, 4.69) is 0 Å². The van der Waals surface area contributed by atoms with Crippen molar-refractivity contribution >= 4 is 11.8 Å². The van der Waals surface area contributed by atoms with Gasteiger partial charge in [0.05, 0.1) is 6.10 Å². The van der Waals surface area contributed by atoms with Gasteiger partial charge in [-0.3, -0.25) is 9.59 Å². The van der Waals surface area contributed by atoms with Crippen LogP contribution in [-0.2, 0) is 30.7 Å². The van der Waals surface area contributed by atoms with E-state index in [4.69, 9.17) is 5.73 Å². The van der Waals surface area contributed by atoms with Crippen LogP contribution < -0.4 is 5.73 Å². The number of nitrogens with two attached hydrogens (primary N) is 1. The number of aliphatic hydroxyl groups excluding tert-OH is 1. The summed E-state index contributed by atoms with van der Waals surface area (Å²) < 4.78 is 27.4. The van der Waals surface area contributed by atoms with Crippen LogP contribution in [0.4, 0.5) is 8.78 Å². The van der Waals surface area contributed by atoms with Gasteiger partial charge in [0.1, 0.15) is 17.7 Å². The second-order valence-electron chi connectivity index (χ2n) is 10.1. The Balaban J connectivity index is 1.56. The minimum absolute atomic E-state index is 0.0281. The molecule has 2 amide bonds. The molecule has 3 N–H and O–H groups in total. The minimum atomic E-state index is -1.17. The van der Waals surface area contributed by atoms with Gasteiger partial charge in [-0.05, 0) is 59.7 Å². The summed E-state index contributed by atoms with van der Waals surface area (Å²) in [5.41, 5.74) is 10.0. The Hall–Kier alpha value is -3.62. The molecule has 0 aliphatic carbocycles. The minimum Gasteiger partial charge on any atom is -0.390 e. The van der Waals surface area contributed by atoms with Crippen LogP contribution in [0.25, 0.3) is 0 Å². The highest BCUT2D eigenvalue weighted by atomic mass is 19.1. The number of halogens is 2. The van der Waals surface area contributed by atoms with E-state index < -0.39 is 29.8 Å². The molecular weight excluding hydrogens is 500 g/mol. The molecule has 0 radical (unpaired) electrons. The molecule has 1 aliphatic heterocycles. The van der Waals surface area contributed by atoms with Gasteiger partial charge in [-0.1, -0.05) is 56.3 Å². The molecule has 3 aromatic carbocycles. The molecule has 3 atom stereocenters. The van der Waals surface area contributed by atoms with E-state index in [0.717, 1.165) is 29.2 Å². The third-order valence-electron chi connectivity index (χ3n) is 7.28. The van der Waals surface area contributed by atoms with E-state index in [-0.39, 0.29) is 31.3 Å². The Bertz CT molecular complexity index is 1310. The van der Waals surface area contributed by atoms with Crippen LogP contribution in [0.2, 0.25) is 0 Å². The third-order valence-corrected chi connectivity index (χ3v) is 7.28. The van der Waals surface area contributed by atoms with Crippen LogP contribution in [0.5, 0.6) is 0 Å². The predicted octanol–water partition coefficient (Wildman–Crippen LogP) is 4.22. The Kier molecular flexibility index (Phi) is 9.09. The normalized spacial score (nSPS) is 15.1. The molecule has 6 nitrogen and oxygen atoms in total. The van der Waals surface area contributed by atoms with Crippen LogP contribution in [0.1, 0.15) is 52.9 Å². The standard InChI is InChI=1S/C31H35F2N3O3/c1-3-20-8-7-9-21(12-20)17-35(19-29(37)27(34)15-22-13-24(32)16-25(33)14-22)31(39)28(4-2)36-18-23-10-5-6-11-26(23)30(36)38/h5-14,16,27-29,37H,3-4,15,17-19,34H2,1-2H3/t27-,28?,29+/m0/s1. The number of fused-ring (bicyclic) bond motifs is 1. The highest BCUT2D eigenvalue weighted by Crippen LogP contribution is 2.27. The van der Waals surface area contributed by atoms with Gasteiger partial charge in [0, 0.05) is 37.3 Å². The van der Waals surface area contributed by atoms with Gasteiger partial charge in [0.25, 0.3) is 5.91 Å². The molecule has 3 aromatic rings. The lowest BCUT2D eigenvalue weighted by Gasteiger charge is -2.34. The molecule has 0 saturated heterocycles. The van der Waals surface area contributed by atoms with Gasteiger partial charge in [0.2, 0.25) is 5.91 Å². The average molecular weight is 536 g/mol. The third kappa shape index (κ3) is 6.69. The number of hydrogen-bond donors (Lipinski definition) is 2. The molecular formula is C31H35F2N3O3. The van der Waals surface area contributed by atoms with E-state index in [1.54, 1.807) is 17.0 Å².